The van der Waals surface area contributed by atoms with Crippen LogP contribution in [0.15, 0.2) is 0 Å². The molecule has 21 nitrogen and oxygen atoms in total. The van der Waals surface area contributed by atoms with Crippen molar-refractivity contribution >= 4 is 0 Å². The number of hydrogen-bond donors (Lipinski definition) is 11. The summed E-state index contributed by atoms with van der Waals surface area (Å²) >= 11 is 0. The van der Waals surface area contributed by atoms with Crippen LogP contribution >= 0.6 is 0 Å². The highest BCUT2D eigenvalue weighted by molar-refractivity contribution is 5.17. The molecule has 1 spiro atoms. The van der Waals surface area contributed by atoms with Crippen molar-refractivity contribution in [2.45, 2.75) is 247 Å². The van der Waals surface area contributed by atoms with Crippen LogP contribution in [0.5, 0.6) is 0 Å². The van der Waals surface area contributed by atoms with E-state index in [1.54, 1.807) is 6.92 Å². The lowest BCUT2D eigenvalue weighted by molar-refractivity contribution is -0.400. The average molecular weight is 1020 g/mol. The number of aliphatic hydroxyl groups is 11. The van der Waals surface area contributed by atoms with Crippen molar-refractivity contribution in [3.05, 3.63) is 0 Å². The van der Waals surface area contributed by atoms with E-state index >= 15 is 0 Å². The Balaban J connectivity index is 0.964. The Morgan fingerprint density at radius 3 is 1.80 bits per heavy atom. The molecule has 0 radical (unpaired) electrons. The third-order valence-corrected chi connectivity index (χ3v) is 19.9. The molecule has 10 fully saturated rings. The van der Waals surface area contributed by atoms with Gasteiger partial charge in [-0.25, -0.2) is 0 Å². The van der Waals surface area contributed by atoms with Crippen LogP contribution in [-0.2, 0) is 47.4 Å². The first-order chi connectivity index (χ1) is 33.5. The van der Waals surface area contributed by atoms with Crippen LogP contribution in [-0.4, -0.2) is 216 Å². The summed E-state index contributed by atoms with van der Waals surface area (Å²) < 4.78 is 63.6. The maximum atomic E-state index is 12.0. The van der Waals surface area contributed by atoms with E-state index in [4.69, 9.17) is 47.4 Å². The van der Waals surface area contributed by atoms with Crippen molar-refractivity contribution in [1.82, 2.24) is 0 Å². The molecule has 10 rings (SSSR count). The fourth-order valence-corrected chi connectivity index (χ4v) is 15.9. The molecule has 11 N–H and O–H groups in total. The monoisotopic (exact) mass is 1020 g/mol. The second-order valence-corrected chi connectivity index (χ2v) is 24.1. The largest absolute Gasteiger partial charge is 0.393 e. The fraction of sp³-hybridized carbons (Fsp3) is 1.00. The van der Waals surface area contributed by atoms with Gasteiger partial charge in [-0.05, 0) is 118 Å². The van der Waals surface area contributed by atoms with Gasteiger partial charge >= 0.3 is 0 Å². The highest BCUT2D eigenvalue weighted by atomic mass is 16.8. The molecule has 21 heteroatoms. The van der Waals surface area contributed by atoms with Crippen molar-refractivity contribution in [2.75, 3.05) is 13.2 Å². The zero-order valence-electron chi connectivity index (χ0n) is 41.9. The SMILES string of the molecule is C[C@H]1CO[C@]2(O[C@H]3C[C@H]4[C@@H]5C[C@H](O[C@@H]6O[C@H](C)[C@@H](O)[C@H](O[C@@H]7O[C@@H](C)[C@H](O)[C@@H](O)[C@H]7O)[C@H]6O[C@@H]6O[C@H](C)[C@@H](O)[C@H](O[C@@H]7OC[C@@H](O)[C@H](O)[C@H]7O)[C@H]6O)[C@H]6C[C@@H](O)CC[C@]6(C)[C@H]5CC[C@]4(C)[C@H]3[C@@H]2C)[C@@H](O)C1. The summed E-state index contributed by atoms with van der Waals surface area (Å²) in [5.74, 6) is -0.193. The van der Waals surface area contributed by atoms with Gasteiger partial charge in [-0.3, -0.25) is 0 Å². The van der Waals surface area contributed by atoms with Gasteiger partial charge in [0.25, 0.3) is 0 Å². The van der Waals surface area contributed by atoms with E-state index < -0.39 is 147 Å². The van der Waals surface area contributed by atoms with E-state index in [9.17, 15) is 56.2 Å². The average Bonchev–Trinajstić information content (AvgIpc) is 3.79. The predicted octanol–water partition coefficient (Wildman–Crippen LogP) is -1.25. The van der Waals surface area contributed by atoms with E-state index in [0.29, 0.717) is 38.2 Å². The quantitative estimate of drug-likeness (QED) is 0.127. The molecule has 0 unspecified atom stereocenters. The van der Waals surface area contributed by atoms with Gasteiger partial charge in [-0.15, -0.1) is 0 Å². The third kappa shape index (κ3) is 8.91. The summed E-state index contributed by atoms with van der Waals surface area (Å²) in [6.07, 6.45) is -24.7. The summed E-state index contributed by atoms with van der Waals surface area (Å²) in [5, 5.41) is 122. The lowest BCUT2D eigenvalue weighted by Crippen LogP contribution is -2.67. The van der Waals surface area contributed by atoms with E-state index in [1.165, 1.54) is 13.8 Å². The Labute approximate surface area is 414 Å². The molecule has 0 aromatic heterocycles. The number of aliphatic hydroxyl groups excluding tert-OH is 11. The molecule has 0 bridgehead atoms. The first-order valence-corrected chi connectivity index (χ1v) is 26.5. The lowest BCUT2D eigenvalue weighted by atomic mass is 9.43. The number of rotatable bonds is 8. The van der Waals surface area contributed by atoms with Crippen molar-refractivity contribution in [3.63, 3.8) is 0 Å². The van der Waals surface area contributed by atoms with Gasteiger partial charge < -0.3 is 104 Å². The van der Waals surface area contributed by atoms with Gasteiger partial charge in [0.05, 0.1) is 49.8 Å². The van der Waals surface area contributed by atoms with Crippen LogP contribution in [0.25, 0.3) is 0 Å². The Hall–Kier alpha value is -0.840. The summed E-state index contributed by atoms with van der Waals surface area (Å²) in [5.41, 5.74) is -0.417. The predicted molar refractivity (Wildman–Crippen MR) is 241 cm³/mol. The minimum atomic E-state index is -1.84. The highest BCUT2D eigenvalue weighted by Gasteiger charge is 2.72. The molecule has 6 heterocycles. The van der Waals surface area contributed by atoms with Crippen molar-refractivity contribution < 1.29 is 104 Å². The Kier molecular flexibility index (Phi) is 15.0. The summed E-state index contributed by atoms with van der Waals surface area (Å²) in [6, 6.07) is 0. The Morgan fingerprint density at radius 2 is 1.10 bits per heavy atom. The molecule has 33 atom stereocenters. The number of hydrogen-bond acceptors (Lipinski definition) is 21. The molecular weight excluding hydrogens is 937 g/mol. The van der Waals surface area contributed by atoms with Gasteiger partial charge in [-0.1, -0.05) is 27.7 Å². The van der Waals surface area contributed by atoms with Gasteiger partial charge in [-0.2, -0.15) is 0 Å². The van der Waals surface area contributed by atoms with Crippen LogP contribution in [0.1, 0.15) is 99.8 Å². The van der Waals surface area contributed by atoms with Gasteiger partial charge in [0.2, 0.25) is 0 Å². The van der Waals surface area contributed by atoms with Gasteiger partial charge in [0, 0.05) is 5.92 Å². The normalized spacial score (nSPS) is 60.6. The second kappa shape index (κ2) is 19.9. The van der Waals surface area contributed by atoms with Crippen LogP contribution in [0.4, 0.5) is 0 Å². The minimum absolute atomic E-state index is 0.0475. The van der Waals surface area contributed by atoms with Gasteiger partial charge in [0.15, 0.2) is 30.9 Å². The maximum Gasteiger partial charge on any atom is 0.197 e. The molecule has 0 aromatic carbocycles. The molecule has 10 aliphatic rings. The van der Waals surface area contributed by atoms with Crippen molar-refractivity contribution in [1.29, 1.82) is 0 Å². The second-order valence-electron chi connectivity index (χ2n) is 24.1. The van der Waals surface area contributed by atoms with Crippen LogP contribution in [0.2, 0.25) is 0 Å². The first kappa shape index (κ1) is 53.6. The molecule has 6 saturated heterocycles. The highest BCUT2D eigenvalue weighted by Crippen LogP contribution is 2.71. The molecule has 408 valence electrons. The van der Waals surface area contributed by atoms with Crippen LogP contribution in [0, 0.1) is 52.3 Å². The number of fused-ring (bicyclic) bond motifs is 7. The molecule has 6 aliphatic heterocycles. The smallest absolute Gasteiger partial charge is 0.197 e. The minimum Gasteiger partial charge on any atom is -0.393 e. The van der Waals surface area contributed by atoms with Crippen LogP contribution < -0.4 is 0 Å². The lowest BCUT2D eigenvalue weighted by Gasteiger charge is -2.63. The first-order valence-electron chi connectivity index (χ1n) is 26.5. The molecular formula is C50H82O21. The Morgan fingerprint density at radius 1 is 0.493 bits per heavy atom. The fourth-order valence-electron chi connectivity index (χ4n) is 15.9. The van der Waals surface area contributed by atoms with E-state index in [2.05, 4.69) is 27.7 Å². The van der Waals surface area contributed by atoms with Crippen molar-refractivity contribution in [3.8, 4) is 0 Å². The molecule has 4 saturated carbocycles. The summed E-state index contributed by atoms with van der Waals surface area (Å²) in [7, 11) is 0. The van der Waals surface area contributed by atoms with E-state index in [0.717, 1.165) is 25.7 Å². The topological polar surface area (TPSA) is 315 Å². The van der Waals surface area contributed by atoms with Gasteiger partial charge in [0.1, 0.15) is 79.4 Å². The standard InChI is InChI=1S/C50H82O21/c1-18-12-31(53)50(63-16-18)19(2)32-30(71-50)15-26-24-14-29(27-13-23(51)8-10-48(27,6)25(24)9-11-49(26,32)7)67-47-43(42(35(56)22(5)66-47)69-45-39(60)37(58)33(54)20(3)64-45)70-46-40(61)41(34(55)21(4)65-46)68-44-38(59)36(57)28(52)17-62-44/h18-47,51-61H,8-17H2,1-7H3/t18-,19+,20+,21-,22-,23+,24-,25+,26+,27-,28-,29+,30+,31+,32+,33+,34-,35-,36+,37-,38-,39-,40-,41+,42+,43-,44+,45+,46+,47+,48-,49+,50-/m1/s1. The van der Waals surface area contributed by atoms with Crippen LogP contribution in [0.3, 0.4) is 0 Å². The summed E-state index contributed by atoms with van der Waals surface area (Å²) in [6.45, 7) is 13.7. The molecule has 0 amide bonds. The zero-order chi connectivity index (χ0) is 51.0. The molecule has 0 aromatic rings. The molecule has 71 heavy (non-hydrogen) atoms. The van der Waals surface area contributed by atoms with Crippen molar-refractivity contribution in [2.24, 2.45) is 52.3 Å². The summed E-state index contributed by atoms with van der Waals surface area (Å²) in [4.78, 5) is 0. The number of ether oxygens (including phenoxy) is 10. The van der Waals surface area contributed by atoms with E-state index in [-0.39, 0.29) is 52.4 Å². The third-order valence-electron chi connectivity index (χ3n) is 19.9. The Bertz CT molecular complexity index is 1850. The van der Waals surface area contributed by atoms with E-state index in [1.807, 2.05) is 0 Å². The zero-order valence-corrected chi connectivity index (χ0v) is 41.9. The molecule has 4 aliphatic carbocycles. The maximum absolute atomic E-state index is 12.0.